The van der Waals surface area contributed by atoms with Crippen LogP contribution < -0.4 is 9.46 Å². The Bertz CT molecular complexity index is 563. The van der Waals surface area contributed by atoms with Gasteiger partial charge in [0.1, 0.15) is 5.75 Å². The number of aryl methyl sites for hydroxylation is 1. The molecule has 0 aliphatic carbocycles. The molecule has 19 heavy (non-hydrogen) atoms. The molecule has 0 aliphatic rings. The fourth-order valence-corrected chi connectivity index (χ4v) is 3.56. The fourth-order valence-electron chi connectivity index (χ4n) is 1.97. The van der Waals surface area contributed by atoms with E-state index in [1.54, 1.807) is 20.1 Å². The average Bonchev–Trinajstić information content (AvgIpc) is 2.32. The van der Waals surface area contributed by atoms with Gasteiger partial charge >= 0.3 is 0 Å². The number of nitrogens with one attached hydrogen (secondary N) is 1. The standard InChI is InChI=1S/C14H23NO3S/c1-9(2)8-15-19(16,17)13-7-10(3)14(18-6)12(5)11(13)4/h7,9,15H,8H2,1-6H3. The summed E-state index contributed by atoms with van der Waals surface area (Å²) < 4.78 is 32.6. The van der Waals surface area contributed by atoms with E-state index in [0.717, 1.165) is 22.4 Å². The summed E-state index contributed by atoms with van der Waals surface area (Å²) in [5.74, 6) is 1.02. The summed E-state index contributed by atoms with van der Waals surface area (Å²) in [6.07, 6.45) is 0. The van der Waals surface area contributed by atoms with Gasteiger partial charge in [-0.25, -0.2) is 13.1 Å². The number of ether oxygens (including phenoxy) is 1. The highest BCUT2D eigenvalue weighted by atomic mass is 32.2. The number of hydrogen-bond donors (Lipinski definition) is 1. The molecule has 0 heterocycles. The van der Waals surface area contributed by atoms with E-state index in [2.05, 4.69) is 4.72 Å². The predicted octanol–water partition coefficient (Wildman–Crippen LogP) is 2.55. The molecule has 0 amide bonds. The van der Waals surface area contributed by atoms with Gasteiger partial charge in [-0.2, -0.15) is 0 Å². The highest BCUT2D eigenvalue weighted by Crippen LogP contribution is 2.30. The molecule has 5 heteroatoms. The Balaban J connectivity index is 3.29. The number of methoxy groups -OCH3 is 1. The zero-order chi connectivity index (χ0) is 14.8. The third kappa shape index (κ3) is 3.48. The lowest BCUT2D eigenvalue weighted by Crippen LogP contribution is -2.28. The first-order chi connectivity index (χ1) is 8.70. The monoisotopic (exact) mass is 285 g/mol. The van der Waals surface area contributed by atoms with Crippen molar-refractivity contribution in [3.8, 4) is 5.75 Å². The van der Waals surface area contributed by atoms with Gasteiger partial charge in [-0.3, -0.25) is 0 Å². The molecule has 0 aliphatic heterocycles. The van der Waals surface area contributed by atoms with E-state index in [-0.39, 0.29) is 5.92 Å². The summed E-state index contributed by atoms with van der Waals surface area (Å²) in [7, 11) is -1.86. The van der Waals surface area contributed by atoms with Crippen LogP contribution in [0.4, 0.5) is 0 Å². The Kier molecular flexibility index (Phi) is 4.98. The van der Waals surface area contributed by atoms with E-state index in [0.29, 0.717) is 11.4 Å². The summed E-state index contributed by atoms with van der Waals surface area (Å²) >= 11 is 0. The minimum absolute atomic E-state index is 0.274. The van der Waals surface area contributed by atoms with Gasteiger partial charge in [-0.05, 0) is 49.4 Å². The van der Waals surface area contributed by atoms with Crippen LogP contribution in [0.1, 0.15) is 30.5 Å². The van der Waals surface area contributed by atoms with Gasteiger partial charge in [0.05, 0.1) is 12.0 Å². The van der Waals surface area contributed by atoms with Crippen molar-refractivity contribution in [3.63, 3.8) is 0 Å². The Morgan fingerprint density at radius 3 is 2.26 bits per heavy atom. The second-order valence-corrected chi connectivity index (χ2v) is 6.96. The molecule has 0 unspecified atom stereocenters. The Hall–Kier alpha value is -1.07. The Morgan fingerprint density at radius 1 is 1.21 bits per heavy atom. The van der Waals surface area contributed by atoms with Gasteiger partial charge in [0.25, 0.3) is 0 Å². The lowest BCUT2D eigenvalue weighted by atomic mass is 10.1. The second-order valence-electron chi connectivity index (χ2n) is 5.22. The quantitative estimate of drug-likeness (QED) is 0.904. The molecule has 0 atom stereocenters. The Labute approximate surface area is 116 Å². The van der Waals surface area contributed by atoms with Gasteiger partial charge in [0.15, 0.2) is 0 Å². The topological polar surface area (TPSA) is 55.4 Å². The first kappa shape index (κ1) is 16.0. The van der Waals surface area contributed by atoms with Crippen molar-refractivity contribution in [1.29, 1.82) is 0 Å². The molecule has 0 saturated heterocycles. The average molecular weight is 285 g/mol. The predicted molar refractivity (Wildman–Crippen MR) is 77.2 cm³/mol. The SMILES string of the molecule is COc1c(C)cc(S(=O)(=O)NCC(C)C)c(C)c1C. The lowest BCUT2D eigenvalue weighted by molar-refractivity contribution is 0.407. The van der Waals surface area contributed by atoms with E-state index in [9.17, 15) is 8.42 Å². The van der Waals surface area contributed by atoms with Crippen LogP contribution in [0.15, 0.2) is 11.0 Å². The van der Waals surface area contributed by atoms with Gasteiger partial charge in [0, 0.05) is 6.54 Å². The van der Waals surface area contributed by atoms with E-state index < -0.39 is 10.0 Å². The van der Waals surface area contributed by atoms with Crippen molar-refractivity contribution < 1.29 is 13.2 Å². The van der Waals surface area contributed by atoms with Crippen molar-refractivity contribution in [1.82, 2.24) is 4.72 Å². The maximum atomic E-state index is 12.3. The van der Waals surface area contributed by atoms with Crippen LogP contribution in [0.5, 0.6) is 5.75 Å². The van der Waals surface area contributed by atoms with E-state index >= 15 is 0 Å². The van der Waals surface area contributed by atoms with Crippen LogP contribution in [0.25, 0.3) is 0 Å². The summed E-state index contributed by atoms with van der Waals surface area (Å²) in [4.78, 5) is 0.337. The van der Waals surface area contributed by atoms with Crippen LogP contribution in [0.2, 0.25) is 0 Å². The highest BCUT2D eigenvalue weighted by molar-refractivity contribution is 7.89. The molecular formula is C14H23NO3S. The van der Waals surface area contributed by atoms with Gasteiger partial charge in [-0.1, -0.05) is 13.8 Å². The molecule has 108 valence electrons. The fraction of sp³-hybridized carbons (Fsp3) is 0.571. The van der Waals surface area contributed by atoms with E-state index in [1.165, 1.54) is 0 Å². The maximum absolute atomic E-state index is 12.3. The molecular weight excluding hydrogens is 262 g/mol. The van der Waals surface area contributed by atoms with Gasteiger partial charge < -0.3 is 4.74 Å². The first-order valence-corrected chi connectivity index (χ1v) is 7.83. The molecule has 0 fully saturated rings. The molecule has 0 aromatic heterocycles. The smallest absolute Gasteiger partial charge is 0.240 e. The second kappa shape index (κ2) is 5.92. The van der Waals surface area contributed by atoms with Gasteiger partial charge in [-0.15, -0.1) is 0 Å². The van der Waals surface area contributed by atoms with Crippen LogP contribution >= 0.6 is 0 Å². The number of rotatable bonds is 5. The molecule has 1 rings (SSSR count). The van der Waals surface area contributed by atoms with Crippen molar-refractivity contribution in [2.45, 2.75) is 39.5 Å². The molecule has 0 radical (unpaired) electrons. The van der Waals surface area contributed by atoms with Crippen LogP contribution in [0.3, 0.4) is 0 Å². The normalized spacial score (nSPS) is 11.9. The van der Waals surface area contributed by atoms with Crippen molar-refractivity contribution in [2.75, 3.05) is 13.7 Å². The molecule has 0 spiro atoms. The van der Waals surface area contributed by atoms with Crippen molar-refractivity contribution >= 4 is 10.0 Å². The van der Waals surface area contributed by atoms with Crippen molar-refractivity contribution in [2.24, 2.45) is 5.92 Å². The van der Waals surface area contributed by atoms with Crippen LogP contribution in [0, 0.1) is 26.7 Å². The summed E-state index contributed by atoms with van der Waals surface area (Å²) in [5.41, 5.74) is 2.43. The zero-order valence-corrected chi connectivity index (χ0v) is 13.3. The lowest BCUT2D eigenvalue weighted by Gasteiger charge is -2.16. The Morgan fingerprint density at radius 2 is 1.79 bits per heavy atom. The minimum atomic E-state index is -3.46. The first-order valence-electron chi connectivity index (χ1n) is 6.35. The van der Waals surface area contributed by atoms with Crippen LogP contribution in [-0.2, 0) is 10.0 Å². The number of hydrogen-bond acceptors (Lipinski definition) is 3. The van der Waals surface area contributed by atoms with Crippen LogP contribution in [-0.4, -0.2) is 22.1 Å². The molecule has 0 bridgehead atoms. The maximum Gasteiger partial charge on any atom is 0.240 e. The summed E-state index contributed by atoms with van der Waals surface area (Å²) in [5, 5.41) is 0. The number of sulfonamides is 1. The van der Waals surface area contributed by atoms with Gasteiger partial charge in [0.2, 0.25) is 10.0 Å². The summed E-state index contributed by atoms with van der Waals surface area (Å²) in [6.45, 7) is 9.92. The largest absolute Gasteiger partial charge is 0.496 e. The summed E-state index contributed by atoms with van der Waals surface area (Å²) in [6, 6.07) is 1.67. The highest BCUT2D eigenvalue weighted by Gasteiger charge is 2.21. The van der Waals surface area contributed by atoms with E-state index in [1.807, 2.05) is 27.7 Å². The third-order valence-corrected chi connectivity index (χ3v) is 4.70. The molecule has 0 saturated carbocycles. The minimum Gasteiger partial charge on any atom is -0.496 e. The third-order valence-electron chi connectivity index (χ3n) is 3.15. The molecule has 1 N–H and O–H groups in total. The molecule has 1 aromatic rings. The zero-order valence-electron chi connectivity index (χ0n) is 12.5. The molecule has 1 aromatic carbocycles. The number of benzene rings is 1. The van der Waals surface area contributed by atoms with Crippen molar-refractivity contribution in [3.05, 3.63) is 22.8 Å². The molecule has 4 nitrogen and oxygen atoms in total. The van der Waals surface area contributed by atoms with E-state index in [4.69, 9.17) is 4.74 Å².